The molecule has 110 valence electrons. The van der Waals surface area contributed by atoms with Crippen LogP contribution in [0.4, 0.5) is 4.39 Å². The van der Waals surface area contributed by atoms with E-state index in [2.05, 4.69) is 0 Å². The molecule has 0 saturated heterocycles. The third kappa shape index (κ3) is 3.48. The summed E-state index contributed by atoms with van der Waals surface area (Å²) in [4.78, 5) is 12.5. The highest BCUT2D eigenvalue weighted by molar-refractivity contribution is 6.00. The fourth-order valence-corrected chi connectivity index (χ4v) is 2.17. The largest absolute Gasteiger partial charge is 0.483 e. The molecule has 0 spiro atoms. The van der Waals surface area contributed by atoms with Gasteiger partial charge in [0.15, 0.2) is 6.10 Å². The Balaban J connectivity index is 2.19. The fourth-order valence-electron chi connectivity index (χ4n) is 2.17. The van der Waals surface area contributed by atoms with Crippen molar-refractivity contribution >= 4 is 5.78 Å². The number of benzene rings is 2. The third-order valence-electron chi connectivity index (χ3n) is 3.47. The number of ketones is 1. The minimum Gasteiger partial charge on any atom is -0.483 e. The van der Waals surface area contributed by atoms with E-state index in [4.69, 9.17) is 4.74 Å². The molecule has 0 amide bonds. The number of hydrogen-bond acceptors (Lipinski definition) is 2. The van der Waals surface area contributed by atoms with Crippen molar-refractivity contribution < 1.29 is 13.9 Å². The predicted molar refractivity (Wildman–Crippen MR) is 81.5 cm³/mol. The van der Waals surface area contributed by atoms with Gasteiger partial charge in [-0.3, -0.25) is 4.79 Å². The summed E-state index contributed by atoms with van der Waals surface area (Å²) in [6.07, 6.45) is -0.615. The summed E-state index contributed by atoms with van der Waals surface area (Å²) in [6, 6.07) is 10.3. The van der Waals surface area contributed by atoms with E-state index in [-0.39, 0.29) is 11.6 Å². The molecule has 21 heavy (non-hydrogen) atoms. The Morgan fingerprint density at radius 1 is 1.05 bits per heavy atom. The number of Topliss-reactive ketones (excluding diaryl/α,β-unsaturated/α-hetero) is 1. The van der Waals surface area contributed by atoms with Crippen LogP contribution in [0, 0.1) is 26.6 Å². The zero-order valence-corrected chi connectivity index (χ0v) is 12.7. The van der Waals surface area contributed by atoms with Crippen LogP contribution in [-0.2, 0) is 0 Å². The molecule has 0 bridgehead atoms. The molecule has 0 aliphatic heterocycles. The molecule has 2 aromatic carbocycles. The SMILES string of the molecule is Cc1ccc(C)c(C(=O)C(C)Oc2ccc(F)c(C)c2)c1. The number of carbonyl (C=O) groups is 1. The van der Waals surface area contributed by atoms with E-state index in [1.54, 1.807) is 19.9 Å². The first-order valence-corrected chi connectivity index (χ1v) is 6.93. The molecule has 3 heteroatoms. The van der Waals surface area contributed by atoms with Gasteiger partial charge in [-0.15, -0.1) is 0 Å². The van der Waals surface area contributed by atoms with E-state index in [1.807, 2.05) is 32.0 Å². The van der Waals surface area contributed by atoms with Crippen LogP contribution in [0.1, 0.15) is 34.0 Å². The van der Waals surface area contributed by atoms with Gasteiger partial charge in [-0.2, -0.15) is 0 Å². The van der Waals surface area contributed by atoms with Gasteiger partial charge < -0.3 is 4.74 Å². The summed E-state index contributed by atoms with van der Waals surface area (Å²) in [5.41, 5.74) is 3.13. The van der Waals surface area contributed by atoms with Gasteiger partial charge in [0, 0.05) is 5.56 Å². The molecule has 0 aliphatic rings. The van der Waals surface area contributed by atoms with Crippen LogP contribution in [-0.4, -0.2) is 11.9 Å². The maximum absolute atomic E-state index is 13.2. The molecule has 2 nitrogen and oxygen atoms in total. The molecule has 0 saturated carbocycles. The Labute approximate surface area is 124 Å². The standard InChI is InChI=1S/C18H19FO2/c1-11-5-6-12(2)16(9-11)18(20)14(4)21-15-7-8-17(19)13(3)10-15/h5-10,14H,1-4H3. The van der Waals surface area contributed by atoms with E-state index in [0.717, 1.165) is 11.1 Å². The summed E-state index contributed by atoms with van der Waals surface area (Å²) in [6.45, 7) is 7.23. The zero-order valence-electron chi connectivity index (χ0n) is 12.7. The van der Waals surface area contributed by atoms with Crippen molar-refractivity contribution in [2.24, 2.45) is 0 Å². The zero-order chi connectivity index (χ0) is 15.6. The van der Waals surface area contributed by atoms with Crippen LogP contribution in [0.25, 0.3) is 0 Å². The van der Waals surface area contributed by atoms with Gasteiger partial charge in [0.05, 0.1) is 0 Å². The second kappa shape index (κ2) is 6.08. The van der Waals surface area contributed by atoms with Crippen molar-refractivity contribution in [3.05, 3.63) is 64.5 Å². The molecule has 1 atom stereocenters. The second-order valence-electron chi connectivity index (χ2n) is 5.35. The fraction of sp³-hybridized carbons (Fsp3) is 0.278. The molecule has 0 N–H and O–H groups in total. The number of ether oxygens (including phenoxy) is 1. The second-order valence-corrected chi connectivity index (χ2v) is 5.35. The molecule has 0 fully saturated rings. The van der Waals surface area contributed by atoms with Gasteiger partial charge in [-0.05, 0) is 63.1 Å². The van der Waals surface area contributed by atoms with Crippen molar-refractivity contribution in [3.8, 4) is 5.75 Å². The molecule has 2 aromatic rings. The Kier molecular flexibility index (Phi) is 4.41. The molecule has 0 aromatic heterocycles. The van der Waals surface area contributed by atoms with E-state index in [0.29, 0.717) is 16.9 Å². The van der Waals surface area contributed by atoms with Crippen molar-refractivity contribution in [1.29, 1.82) is 0 Å². The minimum atomic E-state index is -0.615. The number of halogens is 1. The van der Waals surface area contributed by atoms with Gasteiger partial charge in [-0.25, -0.2) is 4.39 Å². The van der Waals surface area contributed by atoms with E-state index < -0.39 is 6.10 Å². The van der Waals surface area contributed by atoms with Crippen LogP contribution < -0.4 is 4.74 Å². The highest BCUT2D eigenvalue weighted by atomic mass is 19.1. The van der Waals surface area contributed by atoms with Gasteiger partial charge in [0.2, 0.25) is 5.78 Å². The normalized spacial score (nSPS) is 12.0. The van der Waals surface area contributed by atoms with Crippen molar-refractivity contribution in [2.75, 3.05) is 0 Å². The lowest BCUT2D eigenvalue weighted by atomic mass is 9.99. The van der Waals surface area contributed by atoms with Crippen molar-refractivity contribution in [3.63, 3.8) is 0 Å². The quantitative estimate of drug-likeness (QED) is 0.779. The minimum absolute atomic E-state index is 0.0711. The third-order valence-corrected chi connectivity index (χ3v) is 3.47. The van der Waals surface area contributed by atoms with E-state index in [1.165, 1.54) is 12.1 Å². The molecular formula is C18H19FO2. The lowest BCUT2D eigenvalue weighted by Crippen LogP contribution is -2.24. The molecular weight excluding hydrogens is 267 g/mol. The Morgan fingerprint density at radius 3 is 2.43 bits per heavy atom. The smallest absolute Gasteiger partial charge is 0.203 e. The Hall–Kier alpha value is -2.16. The first kappa shape index (κ1) is 15.2. The van der Waals surface area contributed by atoms with Gasteiger partial charge >= 0.3 is 0 Å². The lowest BCUT2D eigenvalue weighted by Gasteiger charge is -2.16. The van der Waals surface area contributed by atoms with Crippen molar-refractivity contribution in [1.82, 2.24) is 0 Å². The number of carbonyl (C=O) groups excluding carboxylic acids is 1. The average Bonchev–Trinajstić information content (AvgIpc) is 2.44. The van der Waals surface area contributed by atoms with Crippen LogP contribution >= 0.6 is 0 Å². The summed E-state index contributed by atoms with van der Waals surface area (Å²) in [7, 11) is 0. The van der Waals surface area contributed by atoms with Crippen LogP contribution in [0.15, 0.2) is 36.4 Å². The summed E-state index contributed by atoms with van der Waals surface area (Å²) >= 11 is 0. The maximum atomic E-state index is 13.2. The Morgan fingerprint density at radius 2 is 1.76 bits per heavy atom. The maximum Gasteiger partial charge on any atom is 0.203 e. The molecule has 0 radical (unpaired) electrons. The van der Waals surface area contributed by atoms with Crippen molar-refractivity contribution in [2.45, 2.75) is 33.8 Å². The summed E-state index contributed by atoms with van der Waals surface area (Å²) in [5, 5.41) is 0. The van der Waals surface area contributed by atoms with Crippen LogP contribution in [0.5, 0.6) is 5.75 Å². The monoisotopic (exact) mass is 286 g/mol. The molecule has 0 heterocycles. The molecule has 1 unspecified atom stereocenters. The van der Waals surface area contributed by atoms with Crippen LogP contribution in [0.3, 0.4) is 0 Å². The summed E-state index contributed by atoms with van der Waals surface area (Å²) in [5.74, 6) is 0.147. The predicted octanol–water partition coefficient (Wildman–Crippen LogP) is 4.40. The molecule has 0 aliphatic carbocycles. The summed E-state index contributed by atoms with van der Waals surface area (Å²) < 4.78 is 18.9. The average molecular weight is 286 g/mol. The van der Waals surface area contributed by atoms with E-state index >= 15 is 0 Å². The first-order valence-electron chi connectivity index (χ1n) is 6.93. The van der Waals surface area contributed by atoms with E-state index in [9.17, 15) is 9.18 Å². The Bertz CT molecular complexity index is 677. The topological polar surface area (TPSA) is 26.3 Å². The lowest BCUT2D eigenvalue weighted by molar-refractivity contribution is 0.0817. The number of hydrogen-bond donors (Lipinski definition) is 0. The van der Waals surface area contributed by atoms with Gasteiger partial charge in [0.25, 0.3) is 0 Å². The van der Waals surface area contributed by atoms with Crippen LogP contribution in [0.2, 0.25) is 0 Å². The van der Waals surface area contributed by atoms with Gasteiger partial charge in [0.1, 0.15) is 11.6 Å². The first-order chi connectivity index (χ1) is 9.88. The van der Waals surface area contributed by atoms with Gasteiger partial charge in [-0.1, -0.05) is 17.7 Å². The highest BCUT2D eigenvalue weighted by Crippen LogP contribution is 2.20. The number of rotatable bonds is 4. The number of aryl methyl sites for hydroxylation is 3. The highest BCUT2D eigenvalue weighted by Gasteiger charge is 2.19. The molecule has 2 rings (SSSR count).